The van der Waals surface area contributed by atoms with Gasteiger partial charge in [-0.2, -0.15) is 0 Å². The van der Waals surface area contributed by atoms with E-state index in [2.05, 4.69) is 46.8 Å². The van der Waals surface area contributed by atoms with Crippen LogP contribution in [0.4, 0.5) is 0 Å². The first-order chi connectivity index (χ1) is 6.04. The van der Waals surface area contributed by atoms with E-state index in [0.29, 0.717) is 5.41 Å². The monoisotopic (exact) mass is 182 g/mol. The fraction of sp³-hybridized carbons (Fsp3) is 0.846. The number of allylic oxidation sites excluding steroid dienone is 2. The molecule has 13 heavy (non-hydrogen) atoms. The largest absolute Gasteiger partial charge is 0.0917 e. The number of hydrogen-bond donors (Lipinski definition) is 0. The summed E-state index contributed by atoms with van der Waals surface area (Å²) in [6.07, 6.45) is 9.70. The molecule has 1 atom stereocenters. The molecule has 0 aromatic rings. The average Bonchev–Trinajstić information content (AvgIpc) is 2.04. The van der Waals surface area contributed by atoms with Crippen LogP contribution in [0.15, 0.2) is 12.2 Å². The van der Waals surface area contributed by atoms with Gasteiger partial charge >= 0.3 is 0 Å². The summed E-state index contributed by atoms with van der Waals surface area (Å²) >= 11 is 0. The Hall–Kier alpha value is -0.260. The fourth-order valence-electron chi connectivity index (χ4n) is 2.01. The lowest BCUT2D eigenvalue weighted by molar-refractivity contribution is 0.228. The van der Waals surface area contributed by atoms with Gasteiger partial charge in [0.2, 0.25) is 0 Å². The molecule has 0 heteroatoms. The molecule has 0 saturated carbocycles. The van der Waals surface area contributed by atoms with Crippen molar-refractivity contribution in [3.05, 3.63) is 12.2 Å². The van der Waals surface area contributed by atoms with E-state index in [1.54, 1.807) is 0 Å². The summed E-state index contributed by atoms with van der Waals surface area (Å²) in [7, 11) is 0. The van der Waals surface area contributed by atoms with Crippen molar-refractivity contribution in [1.82, 2.24) is 0 Å². The van der Waals surface area contributed by atoms with Gasteiger partial charge in [0, 0.05) is 0 Å². The zero-order valence-electron chi connectivity index (χ0n) is 10.1. The second-order valence-corrected chi connectivity index (χ2v) is 4.87. The van der Waals surface area contributed by atoms with Crippen molar-refractivity contribution in [1.29, 1.82) is 0 Å². The molecule has 0 spiro atoms. The molecule has 78 valence electrons. The molecule has 0 fully saturated rings. The Balaban J connectivity index is 3.95. The van der Waals surface area contributed by atoms with Crippen LogP contribution in [0.5, 0.6) is 0 Å². The van der Waals surface area contributed by atoms with E-state index in [-0.39, 0.29) is 0 Å². The summed E-state index contributed by atoms with van der Waals surface area (Å²) in [5.41, 5.74) is 0.563. The number of rotatable bonds is 6. The van der Waals surface area contributed by atoms with Crippen LogP contribution in [-0.4, -0.2) is 0 Å². The zero-order chi connectivity index (χ0) is 10.3. The normalized spacial score (nSPS) is 16.8. The summed E-state index contributed by atoms with van der Waals surface area (Å²) in [5, 5.41) is 0. The van der Waals surface area contributed by atoms with E-state index < -0.39 is 0 Å². The van der Waals surface area contributed by atoms with Crippen LogP contribution in [0.2, 0.25) is 0 Å². The highest BCUT2D eigenvalue weighted by Crippen LogP contribution is 2.34. The fourth-order valence-corrected chi connectivity index (χ4v) is 2.01. The third kappa shape index (κ3) is 5.90. The highest BCUT2D eigenvalue weighted by molar-refractivity contribution is 4.82. The molecule has 0 aliphatic carbocycles. The van der Waals surface area contributed by atoms with E-state index in [0.717, 1.165) is 5.92 Å². The van der Waals surface area contributed by atoms with E-state index in [1.807, 2.05) is 0 Å². The van der Waals surface area contributed by atoms with Gasteiger partial charge in [-0.05, 0) is 37.5 Å². The highest BCUT2D eigenvalue weighted by atomic mass is 14.3. The zero-order valence-corrected chi connectivity index (χ0v) is 10.1. The molecule has 0 nitrogen and oxygen atoms in total. The third-order valence-corrected chi connectivity index (χ3v) is 2.90. The molecule has 0 aromatic carbocycles. The van der Waals surface area contributed by atoms with Gasteiger partial charge in [-0.3, -0.25) is 0 Å². The molecule has 0 amide bonds. The minimum Gasteiger partial charge on any atom is -0.0917 e. The lowest BCUT2D eigenvalue weighted by Crippen LogP contribution is -2.17. The summed E-state index contributed by atoms with van der Waals surface area (Å²) in [6.45, 7) is 11.5. The van der Waals surface area contributed by atoms with Gasteiger partial charge in [-0.1, -0.05) is 46.3 Å². The SMILES string of the molecule is CC=CCCC(C)(CC)CC(C)C. The van der Waals surface area contributed by atoms with Gasteiger partial charge in [-0.25, -0.2) is 0 Å². The Kier molecular flexibility index (Phi) is 6.11. The predicted octanol–water partition coefficient (Wildman–Crippen LogP) is 4.81. The van der Waals surface area contributed by atoms with Crippen LogP contribution in [0, 0.1) is 11.3 Å². The van der Waals surface area contributed by atoms with Gasteiger partial charge in [-0.15, -0.1) is 0 Å². The van der Waals surface area contributed by atoms with Crippen molar-refractivity contribution in [3.8, 4) is 0 Å². The van der Waals surface area contributed by atoms with E-state index >= 15 is 0 Å². The summed E-state index contributed by atoms with van der Waals surface area (Å²) < 4.78 is 0. The molecule has 0 bridgehead atoms. The van der Waals surface area contributed by atoms with Crippen LogP contribution >= 0.6 is 0 Å². The van der Waals surface area contributed by atoms with Crippen molar-refractivity contribution in [2.45, 2.75) is 60.3 Å². The Morgan fingerprint density at radius 3 is 2.31 bits per heavy atom. The molecular formula is C13H26. The first-order valence-corrected chi connectivity index (χ1v) is 5.65. The molecule has 0 aliphatic heterocycles. The Morgan fingerprint density at radius 2 is 1.92 bits per heavy atom. The maximum Gasteiger partial charge on any atom is -0.0323 e. The number of hydrogen-bond acceptors (Lipinski definition) is 0. The van der Waals surface area contributed by atoms with Crippen molar-refractivity contribution in [2.24, 2.45) is 11.3 Å². The van der Waals surface area contributed by atoms with Crippen molar-refractivity contribution in [2.75, 3.05) is 0 Å². The van der Waals surface area contributed by atoms with Crippen molar-refractivity contribution < 1.29 is 0 Å². The van der Waals surface area contributed by atoms with Gasteiger partial charge in [0.25, 0.3) is 0 Å². The molecule has 0 rings (SSSR count). The summed E-state index contributed by atoms with van der Waals surface area (Å²) in [6, 6.07) is 0. The lowest BCUT2D eigenvalue weighted by Gasteiger charge is -2.29. The van der Waals surface area contributed by atoms with Gasteiger partial charge < -0.3 is 0 Å². The smallest absolute Gasteiger partial charge is 0.0323 e. The van der Waals surface area contributed by atoms with Gasteiger partial charge in [0.05, 0.1) is 0 Å². The first kappa shape index (κ1) is 12.7. The van der Waals surface area contributed by atoms with E-state index in [4.69, 9.17) is 0 Å². The quantitative estimate of drug-likeness (QED) is 0.517. The second kappa shape index (κ2) is 6.23. The Bertz CT molecular complexity index is 144. The van der Waals surface area contributed by atoms with Crippen LogP contribution in [0.3, 0.4) is 0 Å². The molecule has 0 heterocycles. The van der Waals surface area contributed by atoms with Crippen LogP contribution < -0.4 is 0 Å². The topological polar surface area (TPSA) is 0 Å². The maximum atomic E-state index is 2.43. The van der Waals surface area contributed by atoms with Gasteiger partial charge in [0.1, 0.15) is 0 Å². The molecule has 0 radical (unpaired) electrons. The maximum absolute atomic E-state index is 2.43. The Labute approximate surface area is 84.4 Å². The molecule has 0 N–H and O–H groups in total. The molecule has 1 unspecified atom stereocenters. The van der Waals surface area contributed by atoms with Crippen LogP contribution in [-0.2, 0) is 0 Å². The van der Waals surface area contributed by atoms with Crippen molar-refractivity contribution >= 4 is 0 Å². The van der Waals surface area contributed by atoms with Crippen LogP contribution in [0.1, 0.15) is 60.3 Å². The van der Waals surface area contributed by atoms with Gasteiger partial charge in [0.15, 0.2) is 0 Å². The minimum absolute atomic E-state index is 0.563. The Morgan fingerprint density at radius 1 is 1.31 bits per heavy atom. The minimum atomic E-state index is 0.563. The molecule has 0 aromatic heterocycles. The summed E-state index contributed by atoms with van der Waals surface area (Å²) in [4.78, 5) is 0. The lowest BCUT2D eigenvalue weighted by atomic mass is 9.76. The summed E-state index contributed by atoms with van der Waals surface area (Å²) in [5.74, 6) is 0.829. The predicted molar refractivity (Wildman–Crippen MR) is 61.9 cm³/mol. The molecule has 0 saturated heterocycles. The third-order valence-electron chi connectivity index (χ3n) is 2.90. The standard InChI is InChI=1S/C13H26/c1-6-8-9-10-13(5,7-2)11-12(3)4/h6,8,12H,7,9-11H2,1-5H3. The first-order valence-electron chi connectivity index (χ1n) is 5.65. The highest BCUT2D eigenvalue weighted by Gasteiger charge is 2.21. The van der Waals surface area contributed by atoms with E-state index in [9.17, 15) is 0 Å². The molecular weight excluding hydrogens is 156 g/mol. The molecule has 0 aliphatic rings. The second-order valence-electron chi connectivity index (χ2n) is 4.87. The van der Waals surface area contributed by atoms with Crippen LogP contribution in [0.25, 0.3) is 0 Å². The van der Waals surface area contributed by atoms with Crippen molar-refractivity contribution in [3.63, 3.8) is 0 Å². The average molecular weight is 182 g/mol. The van der Waals surface area contributed by atoms with E-state index in [1.165, 1.54) is 25.7 Å².